The second-order valence-corrected chi connectivity index (χ2v) is 12.3. The van der Waals surface area contributed by atoms with Crippen LogP contribution in [-0.4, -0.2) is 47.0 Å². The number of carboxylic acid groups (broad SMARTS) is 1. The van der Waals surface area contributed by atoms with Crippen LogP contribution < -0.4 is 4.74 Å². The van der Waals surface area contributed by atoms with E-state index in [1.807, 2.05) is 13.0 Å². The van der Waals surface area contributed by atoms with E-state index in [0.717, 1.165) is 41.3 Å². The number of nitrogens with zero attached hydrogens (tertiary/aromatic N) is 2. The number of carboxylic acids is 1. The van der Waals surface area contributed by atoms with Crippen LogP contribution >= 0.6 is 11.6 Å². The Morgan fingerprint density at radius 2 is 2.05 bits per heavy atom. The van der Waals surface area contributed by atoms with Gasteiger partial charge in [0, 0.05) is 48.8 Å². The van der Waals surface area contributed by atoms with Crippen LogP contribution in [0.2, 0.25) is 5.02 Å². The zero-order chi connectivity index (χ0) is 28.2. The third kappa shape index (κ3) is 4.90. The van der Waals surface area contributed by atoms with Crippen molar-refractivity contribution in [1.82, 2.24) is 4.90 Å². The molecule has 9 heteroatoms. The van der Waals surface area contributed by atoms with Crippen molar-refractivity contribution in [3.63, 3.8) is 0 Å². The Labute approximate surface area is 237 Å². The number of likely N-dealkylation sites (tertiary alicyclic amines) is 1. The first-order valence-corrected chi connectivity index (χ1v) is 14.3. The Hall–Kier alpha value is -2.97. The number of rotatable bonds is 8. The fourth-order valence-electron chi connectivity index (χ4n) is 6.21. The number of benzene rings is 2. The van der Waals surface area contributed by atoms with Gasteiger partial charge >= 0.3 is 5.97 Å². The van der Waals surface area contributed by atoms with Crippen molar-refractivity contribution in [3.8, 4) is 16.9 Å². The second kappa shape index (κ2) is 10.1. The van der Waals surface area contributed by atoms with Crippen LogP contribution in [0.15, 0.2) is 41.1 Å². The third-order valence-corrected chi connectivity index (χ3v) is 9.08. The fraction of sp³-hybridized carbons (Fsp3) is 0.484. The van der Waals surface area contributed by atoms with E-state index in [9.17, 15) is 18.7 Å². The average molecular weight is 571 g/mol. The van der Waals surface area contributed by atoms with Gasteiger partial charge < -0.3 is 14.7 Å². The van der Waals surface area contributed by atoms with Crippen molar-refractivity contribution in [1.29, 1.82) is 0 Å². The highest BCUT2D eigenvalue weighted by molar-refractivity contribution is 6.35. The number of halogens is 3. The van der Waals surface area contributed by atoms with E-state index in [1.165, 1.54) is 12.1 Å². The lowest BCUT2D eigenvalue weighted by atomic mass is 9.74. The lowest BCUT2D eigenvalue weighted by Gasteiger charge is -2.45. The summed E-state index contributed by atoms with van der Waals surface area (Å²) < 4.78 is 34.5. The predicted molar refractivity (Wildman–Crippen MR) is 149 cm³/mol. The molecule has 1 N–H and O–H groups in total. The van der Waals surface area contributed by atoms with Crippen LogP contribution in [0.3, 0.4) is 0 Å². The molecule has 1 spiro atoms. The van der Waals surface area contributed by atoms with Crippen molar-refractivity contribution >= 4 is 23.3 Å². The van der Waals surface area contributed by atoms with Crippen LogP contribution in [0.4, 0.5) is 8.78 Å². The van der Waals surface area contributed by atoms with Gasteiger partial charge in [0.25, 0.3) is 0 Å². The first kappa shape index (κ1) is 27.2. The van der Waals surface area contributed by atoms with Gasteiger partial charge in [-0.05, 0) is 81.2 Å². The van der Waals surface area contributed by atoms with Gasteiger partial charge in [-0.15, -0.1) is 0 Å². The first-order valence-electron chi connectivity index (χ1n) is 13.9. The summed E-state index contributed by atoms with van der Waals surface area (Å²) in [4.78, 5) is 19.8. The molecule has 2 aromatic rings. The molecule has 2 fully saturated rings. The molecular formula is C31H33ClF2N2O4. The molecule has 4 aliphatic rings. The molecule has 1 saturated carbocycles. The highest BCUT2D eigenvalue weighted by Crippen LogP contribution is 2.51. The molecule has 6 nitrogen and oxygen atoms in total. The van der Waals surface area contributed by atoms with Crippen LogP contribution in [0.5, 0.6) is 5.75 Å². The Kier molecular flexibility index (Phi) is 6.90. The van der Waals surface area contributed by atoms with Gasteiger partial charge in [-0.25, -0.2) is 8.78 Å². The van der Waals surface area contributed by atoms with Crippen LogP contribution in [0, 0.1) is 17.0 Å². The highest BCUT2D eigenvalue weighted by atomic mass is 35.5. The Balaban J connectivity index is 1.19. The van der Waals surface area contributed by atoms with E-state index >= 15 is 0 Å². The van der Waals surface area contributed by atoms with Gasteiger partial charge in [-0.3, -0.25) is 9.69 Å². The zero-order valence-electron chi connectivity index (χ0n) is 22.7. The summed E-state index contributed by atoms with van der Waals surface area (Å²) in [5, 5.41) is 14.3. The van der Waals surface area contributed by atoms with E-state index in [4.69, 9.17) is 21.2 Å². The maximum atomic E-state index is 14.9. The quantitative estimate of drug-likeness (QED) is 0.367. The van der Waals surface area contributed by atoms with E-state index < -0.39 is 23.0 Å². The number of allylic oxidation sites excluding steroid dienone is 2. The molecule has 40 heavy (non-hydrogen) atoms. The molecule has 2 heterocycles. The molecule has 1 saturated heterocycles. The SMILES string of the molecule is CCOc1c(CN2CC3(CC(C4=CCC(C)(C(=O)O)CC4)=NO3)C2)cc(C2CC2)c(-c2ccc(F)cc2F)c1Cl. The van der Waals surface area contributed by atoms with Crippen molar-refractivity contribution in [2.75, 3.05) is 19.7 Å². The predicted octanol–water partition coefficient (Wildman–Crippen LogP) is 7.09. The van der Waals surface area contributed by atoms with Gasteiger partial charge in [0.1, 0.15) is 17.4 Å². The molecule has 1 atom stereocenters. The number of oxime groups is 1. The number of hydrogen-bond donors (Lipinski definition) is 1. The summed E-state index contributed by atoms with van der Waals surface area (Å²) in [7, 11) is 0. The summed E-state index contributed by atoms with van der Waals surface area (Å²) in [5.41, 5.74) is 3.71. The normalized spacial score (nSPS) is 23.8. The van der Waals surface area contributed by atoms with Gasteiger partial charge in [0.05, 0.1) is 22.8 Å². The molecule has 0 radical (unpaired) electrons. The Morgan fingerprint density at radius 3 is 2.67 bits per heavy atom. The monoisotopic (exact) mass is 570 g/mol. The van der Waals surface area contributed by atoms with Gasteiger partial charge in [0.15, 0.2) is 5.60 Å². The lowest BCUT2D eigenvalue weighted by Crippen LogP contribution is -2.61. The lowest BCUT2D eigenvalue weighted by molar-refractivity contribution is -0.148. The minimum Gasteiger partial charge on any atom is -0.492 e. The number of aliphatic carboxylic acids is 1. The fourth-order valence-corrected chi connectivity index (χ4v) is 6.60. The standard InChI is InChI=1S/C31H33ClF2N2O4/c1-3-39-28-20(12-23(18-4-5-18)26(27(28)32)22-7-6-21(33)13-24(22)34)15-36-16-31(17-36)14-25(35-40-31)19-8-10-30(2,11-9-19)29(37)38/h6-8,12-13,18H,3-5,9-11,14-17H2,1-2H3,(H,37,38). The topological polar surface area (TPSA) is 71.4 Å². The van der Waals surface area contributed by atoms with Crippen LogP contribution in [0.25, 0.3) is 11.1 Å². The molecule has 2 aliphatic carbocycles. The summed E-state index contributed by atoms with van der Waals surface area (Å²) in [6.45, 7) is 6.06. The molecule has 0 bridgehead atoms. The maximum absolute atomic E-state index is 14.9. The first-order chi connectivity index (χ1) is 19.1. The molecular weight excluding hydrogens is 538 g/mol. The Morgan fingerprint density at radius 1 is 1.27 bits per heavy atom. The average Bonchev–Trinajstić information content (AvgIpc) is 3.65. The second-order valence-electron chi connectivity index (χ2n) is 11.9. The Bertz CT molecular complexity index is 1430. The summed E-state index contributed by atoms with van der Waals surface area (Å²) in [5.74, 6) is -1.20. The van der Waals surface area contributed by atoms with E-state index in [1.54, 1.807) is 6.92 Å². The number of carbonyl (C=O) groups is 1. The minimum atomic E-state index is -0.759. The number of ether oxygens (including phenoxy) is 1. The molecule has 2 aliphatic heterocycles. The third-order valence-electron chi connectivity index (χ3n) is 8.72. The van der Waals surface area contributed by atoms with Crippen molar-refractivity contribution in [2.24, 2.45) is 10.6 Å². The van der Waals surface area contributed by atoms with Gasteiger partial charge in [-0.1, -0.05) is 22.8 Å². The van der Waals surface area contributed by atoms with Crippen molar-refractivity contribution in [3.05, 3.63) is 63.7 Å². The van der Waals surface area contributed by atoms with E-state index in [0.29, 0.717) is 68.3 Å². The largest absolute Gasteiger partial charge is 0.492 e. The summed E-state index contributed by atoms with van der Waals surface area (Å²) in [6, 6.07) is 5.68. The smallest absolute Gasteiger partial charge is 0.309 e. The van der Waals surface area contributed by atoms with Crippen LogP contribution in [-0.2, 0) is 16.2 Å². The minimum absolute atomic E-state index is 0.286. The molecule has 0 aromatic heterocycles. The molecule has 6 rings (SSSR count). The maximum Gasteiger partial charge on any atom is 0.309 e. The summed E-state index contributed by atoms with van der Waals surface area (Å²) >= 11 is 6.94. The van der Waals surface area contributed by atoms with Gasteiger partial charge in [0.2, 0.25) is 0 Å². The number of hydrogen-bond acceptors (Lipinski definition) is 5. The molecule has 0 amide bonds. The van der Waals surface area contributed by atoms with E-state index in [-0.39, 0.29) is 17.1 Å². The van der Waals surface area contributed by atoms with Gasteiger partial charge in [-0.2, -0.15) is 0 Å². The summed E-state index contributed by atoms with van der Waals surface area (Å²) in [6.07, 6.45) is 6.49. The highest BCUT2D eigenvalue weighted by Gasteiger charge is 2.50. The van der Waals surface area contributed by atoms with Crippen molar-refractivity contribution in [2.45, 2.75) is 70.4 Å². The molecule has 2 aromatic carbocycles. The van der Waals surface area contributed by atoms with E-state index in [2.05, 4.69) is 16.1 Å². The molecule has 212 valence electrons. The van der Waals surface area contributed by atoms with Crippen molar-refractivity contribution < 1.29 is 28.3 Å². The molecule has 1 unspecified atom stereocenters. The zero-order valence-corrected chi connectivity index (χ0v) is 23.5. The van der Waals surface area contributed by atoms with Crippen LogP contribution in [0.1, 0.15) is 69.4 Å².